The summed E-state index contributed by atoms with van der Waals surface area (Å²) in [5.74, 6) is 0. The molecule has 0 spiro atoms. The van der Waals surface area contributed by atoms with Gasteiger partial charge in [0.15, 0.2) is 0 Å². The van der Waals surface area contributed by atoms with Crippen LogP contribution in [-0.2, 0) is 15.3 Å². The minimum atomic E-state index is -0.610. The molecule has 4 nitrogen and oxygen atoms in total. The van der Waals surface area contributed by atoms with E-state index >= 15 is 0 Å². The average molecular weight is 352 g/mol. The molecule has 2 aromatic rings. The number of anilines is 1. The smallest absolute Gasteiger partial charge is 0.202 e. The molecule has 138 valence electrons. The van der Waals surface area contributed by atoms with Gasteiger partial charge in [-0.2, -0.15) is 0 Å². The van der Waals surface area contributed by atoms with Gasteiger partial charge in [-0.15, -0.1) is 0 Å². The van der Waals surface area contributed by atoms with Gasteiger partial charge >= 0.3 is 0 Å². The first kappa shape index (κ1) is 17.5. The Bertz CT molecular complexity index is 778. The molecule has 2 aliphatic rings. The van der Waals surface area contributed by atoms with E-state index in [2.05, 4.69) is 86.2 Å². The van der Waals surface area contributed by atoms with Crippen molar-refractivity contribution in [1.82, 2.24) is 4.90 Å². The molecule has 1 saturated heterocycles. The van der Waals surface area contributed by atoms with Crippen molar-refractivity contribution in [2.75, 3.05) is 31.4 Å². The van der Waals surface area contributed by atoms with Crippen LogP contribution in [0.25, 0.3) is 0 Å². The highest BCUT2D eigenvalue weighted by Crippen LogP contribution is 2.51. The van der Waals surface area contributed by atoms with Crippen molar-refractivity contribution in [3.63, 3.8) is 0 Å². The van der Waals surface area contributed by atoms with Crippen molar-refractivity contribution >= 4 is 5.69 Å². The molecule has 0 aliphatic carbocycles. The number of hydroxylamine groups is 1. The van der Waals surface area contributed by atoms with Gasteiger partial charge in [-0.05, 0) is 39.3 Å². The van der Waals surface area contributed by atoms with Gasteiger partial charge in [0.1, 0.15) is 0 Å². The van der Waals surface area contributed by atoms with Gasteiger partial charge in [-0.3, -0.25) is 4.90 Å². The highest BCUT2D eigenvalue weighted by atomic mass is 16.7. The monoisotopic (exact) mass is 352 g/mol. The van der Waals surface area contributed by atoms with E-state index in [1.165, 1.54) is 16.7 Å². The Hall–Kier alpha value is -1.88. The molecule has 1 unspecified atom stereocenters. The summed E-state index contributed by atoms with van der Waals surface area (Å²) < 4.78 is 5.63. The number of aryl methyl sites for hydroxylation is 1. The standard InChI is InChI=1S/C22H28N2O2/c1-17-10-11-19-20(16-17)24(21(2,3)4)26-22(19,18-8-6-5-7-9-18)23-12-14-25-15-13-23/h5-11,16H,12-15H2,1-4H3. The van der Waals surface area contributed by atoms with Crippen LogP contribution >= 0.6 is 0 Å². The van der Waals surface area contributed by atoms with Crippen molar-refractivity contribution in [3.05, 3.63) is 65.2 Å². The maximum atomic E-state index is 6.87. The molecule has 2 aromatic carbocycles. The molecule has 4 heteroatoms. The van der Waals surface area contributed by atoms with Crippen LogP contribution in [0.4, 0.5) is 5.69 Å². The SMILES string of the molecule is Cc1ccc2c(c1)N(C(C)(C)C)OC2(c1ccccc1)N1CCOCC1. The van der Waals surface area contributed by atoms with Gasteiger partial charge < -0.3 is 4.74 Å². The van der Waals surface area contributed by atoms with Crippen molar-refractivity contribution in [2.45, 2.75) is 39.0 Å². The van der Waals surface area contributed by atoms with Crippen molar-refractivity contribution in [1.29, 1.82) is 0 Å². The number of rotatable bonds is 2. The van der Waals surface area contributed by atoms with Gasteiger partial charge in [-0.1, -0.05) is 42.5 Å². The Labute approximate surface area is 156 Å². The van der Waals surface area contributed by atoms with E-state index in [0.717, 1.165) is 32.0 Å². The second kappa shape index (κ2) is 6.38. The molecule has 2 heterocycles. The highest BCUT2D eigenvalue weighted by molar-refractivity contribution is 5.63. The van der Waals surface area contributed by atoms with Crippen LogP contribution in [0, 0.1) is 6.92 Å². The Balaban J connectivity index is 1.95. The Morgan fingerprint density at radius 3 is 2.31 bits per heavy atom. The second-order valence-corrected chi connectivity index (χ2v) is 8.19. The zero-order chi connectivity index (χ0) is 18.4. The number of fused-ring (bicyclic) bond motifs is 1. The predicted octanol–water partition coefficient (Wildman–Crippen LogP) is 4.08. The van der Waals surface area contributed by atoms with Crippen LogP contribution in [-0.4, -0.2) is 36.7 Å². The maximum Gasteiger partial charge on any atom is 0.202 e. The number of ether oxygens (including phenoxy) is 1. The van der Waals surface area contributed by atoms with Gasteiger partial charge in [0.05, 0.1) is 24.4 Å². The van der Waals surface area contributed by atoms with Crippen molar-refractivity contribution in [2.24, 2.45) is 0 Å². The molecule has 0 saturated carbocycles. The molecule has 1 atom stereocenters. The van der Waals surface area contributed by atoms with Crippen LogP contribution in [0.2, 0.25) is 0 Å². The van der Waals surface area contributed by atoms with Crippen LogP contribution in [0.15, 0.2) is 48.5 Å². The van der Waals surface area contributed by atoms with E-state index in [9.17, 15) is 0 Å². The number of benzene rings is 2. The Morgan fingerprint density at radius 2 is 1.65 bits per heavy atom. The maximum absolute atomic E-state index is 6.87. The van der Waals surface area contributed by atoms with E-state index in [0.29, 0.717) is 0 Å². The summed E-state index contributed by atoms with van der Waals surface area (Å²) in [7, 11) is 0. The summed E-state index contributed by atoms with van der Waals surface area (Å²) in [4.78, 5) is 9.29. The summed E-state index contributed by atoms with van der Waals surface area (Å²) in [5.41, 5.74) is 4.03. The summed E-state index contributed by atoms with van der Waals surface area (Å²) in [6, 6.07) is 17.2. The topological polar surface area (TPSA) is 24.9 Å². The van der Waals surface area contributed by atoms with E-state index in [1.807, 2.05) is 0 Å². The third-order valence-electron chi connectivity index (χ3n) is 5.19. The summed E-state index contributed by atoms with van der Waals surface area (Å²) >= 11 is 0. The van der Waals surface area contributed by atoms with Gasteiger partial charge in [0.25, 0.3) is 0 Å². The van der Waals surface area contributed by atoms with Crippen molar-refractivity contribution < 1.29 is 9.57 Å². The lowest BCUT2D eigenvalue weighted by atomic mass is 9.90. The third kappa shape index (κ3) is 2.73. The van der Waals surface area contributed by atoms with E-state index < -0.39 is 5.72 Å². The van der Waals surface area contributed by atoms with Gasteiger partial charge in [0.2, 0.25) is 5.72 Å². The summed E-state index contributed by atoms with van der Waals surface area (Å²) in [5, 5.41) is 2.10. The van der Waals surface area contributed by atoms with E-state index in [1.54, 1.807) is 0 Å². The highest BCUT2D eigenvalue weighted by Gasteiger charge is 2.52. The minimum absolute atomic E-state index is 0.147. The van der Waals surface area contributed by atoms with Crippen LogP contribution < -0.4 is 5.06 Å². The molecule has 26 heavy (non-hydrogen) atoms. The summed E-state index contributed by atoms with van der Waals surface area (Å²) in [6.45, 7) is 11.9. The largest absolute Gasteiger partial charge is 0.379 e. The van der Waals surface area contributed by atoms with Crippen LogP contribution in [0.5, 0.6) is 0 Å². The molecule has 0 aromatic heterocycles. The third-order valence-corrected chi connectivity index (χ3v) is 5.19. The first-order chi connectivity index (χ1) is 12.4. The normalized spacial score (nSPS) is 23.9. The summed E-state index contributed by atoms with van der Waals surface area (Å²) in [6.07, 6.45) is 0. The number of hydrogen-bond acceptors (Lipinski definition) is 4. The van der Waals surface area contributed by atoms with Gasteiger partial charge in [-0.25, -0.2) is 9.90 Å². The van der Waals surface area contributed by atoms with E-state index in [-0.39, 0.29) is 5.54 Å². The fourth-order valence-corrected chi connectivity index (χ4v) is 3.99. The average Bonchev–Trinajstić information content (AvgIpc) is 2.99. The number of nitrogens with zero attached hydrogens (tertiary/aromatic N) is 2. The molecule has 0 bridgehead atoms. The molecule has 0 radical (unpaired) electrons. The molecule has 0 amide bonds. The Morgan fingerprint density at radius 1 is 0.962 bits per heavy atom. The lowest BCUT2D eigenvalue weighted by molar-refractivity contribution is -0.163. The fraction of sp³-hybridized carbons (Fsp3) is 0.455. The molecular weight excluding hydrogens is 324 g/mol. The fourth-order valence-electron chi connectivity index (χ4n) is 3.99. The first-order valence-electron chi connectivity index (χ1n) is 9.42. The van der Waals surface area contributed by atoms with E-state index in [4.69, 9.17) is 9.57 Å². The predicted molar refractivity (Wildman–Crippen MR) is 104 cm³/mol. The second-order valence-electron chi connectivity index (χ2n) is 8.19. The number of hydrogen-bond donors (Lipinski definition) is 0. The lowest BCUT2D eigenvalue weighted by Gasteiger charge is -2.44. The van der Waals surface area contributed by atoms with Gasteiger partial charge in [0, 0.05) is 24.2 Å². The molecular formula is C22H28N2O2. The molecule has 4 rings (SSSR count). The molecule has 2 aliphatic heterocycles. The molecule has 1 fully saturated rings. The Kier molecular flexibility index (Phi) is 4.30. The van der Waals surface area contributed by atoms with Crippen molar-refractivity contribution in [3.8, 4) is 0 Å². The van der Waals surface area contributed by atoms with Crippen LogP contribution in [0.3, 0.4) is 0 Å². The number of morpholine rings is 1. The van der Waals surface area contributed by atoms with Crippen LogP contribution in [0.1, 0.15) is 37.5 Å². The molecule has 0 N–H and O–H groups in total. The zero-order valence-corrected chi connectivity index (χ0v) is 16.2. The quantitative estimate of drug-likeness (QED) is 0.813. The lowest BCUT2D eigenvalue weighted by Crippen LogP contribution is -2.54. The minimum Gasteiger partial charge on any atom is -0.379 e. The first-order valence-corrected chi connectivity index (χ1v) is 9.42. The zero-order valence-electron chi connectivity index (χ0n) is 16.2.